The van der Waals surface area contributed by atoms with Gasteiger partial charge in [-0.1, -0.05) is 12.1 Å². The predicted octanol–water partition coefficient (Wildman–Crippen LogP) is 0.799. The molecule has 1 aromatic carbocycles. The van der Waals surface area contributed by atoms with Gasteiger partial charge < -0.3 is 5.73 Å². The van der Waals surface area contributed by atoms with Crippen LogP contribution in [0.4, 0.5) is 5.69 Å². The van der Waals surface area contributed by atoms with Crippen molar-refractivity contribution >= 4 is 11.6 Å². The molecule has 0 spiro atoms. The number of carbonyl (C=O) groups is 1. The number of amides is 1. The molecule has 0 heterocycles. The molecule has 0 aliphatic carbocycles. The maximum absolute atomic E-state index is 10.9. The number of nitriles is 1. The molecule has 14 heavy (non-hydrogen) atoms. The molecule has 4 heteroatoms. The Bertz CT molecular complexity index is 368. The molecule has 0 radical (unpaired) electrons. The minimum absolute atomic E-state index is 0.269. The topological polar surface area (TPSA) is 78.9 Å². The molecule has 0 aliphatic heterocycles. The molecule has 72 valence electrons. The number of carbonyl (C=O) groups excluding carboxylic acids is 1. The van der Waals surface area contributed by atoms with Gasteiger partial charge in [-0.05, 0) is 24.1 Å². The van der Waals surface area contributed by atoms with Crippen LogP contribution in [-0.4, -0.2) is 5.91 Å². The van der Waals surface area contributed by atoms with Crippen molar-refractivity contribution < 1.29 is 4.79 Å². The minimum Gasteiger partial charge on any atom is -0.399 e. The summed E-state index contributed by atoms with van der Waals surface area (Å²) < 4.78 is 0. The van der Waals surface area contributed by atoms with Crippen molar-refractivity contribution in [1.82, 2.24) is 5.32 Å². The third-order valence-corrected chi connectivity index (χ3v) is 1.79. The van der Waals surface area contributed by atoms with E-state index in [9.17, 15) is 4.79 Å². The molecule has 0 aliphatic rings. The van der Waals surface area contributed by atoms with Gasteiger partial charge >= 0.3 is 0 Å². The third-order valence-electron chi connectivity index (χ3n) is 1.79. The SMILES string of the molecule is N#CNC(=O)CCc1cccc(N)c1. The van der Waals surface area contributed by atoms with Crippen molar-refractivity contribution in [3.63, 3.8) is 0 Å². The van der Waals surface area contributed by atoms with Gasteiger partial charge in [0.25, 0.3) is 0 Å². The van der Waals surface area contributed by atoms with Crippen molar-refractivity contribution in [2.45, 2.75) is 12.8 Å². The fourth-order valence-corrected chi connectivity index (χ4v) is 1.13. The van der Waals surface area contributed by atoms with E-state index >= 15 is 0 Å². The van der Waals surface area contributed by atoms with Crippen LogP contribution in [-0.2, 0) is 11.2 Å². The Morgan fingerprint density at radius 2 is 2.36 bits per heavy atom. The number of nitrogen functional groups attached to an aromatic ring is 1. The third kappa shape index (κ3) is 3.15. The molecule has 0 unspecified atom stereocenters. The lowest BCUT2D eigenvalue weighted by Crippen LogP contribution is -2.17. The Balaban J connectivity index is 2.46. The van der Waals surface area contributed by atoms with Crippen LogP contribution in [0.25, 0.3) is 0 Å². The minimum atomic E-state index is -0.269. The largest absolute Gasteiger partial charge is 0.399 e. The maximum atomic E-state index is 10.9. The average molecular weight is 189 g/mol. The highest BCUT2D eigenvalue weighted by molar-refractivity contribution is 5.77. The first-order chi connectivity index (χ1) is 6.72. The van der Waals surface area contributed by atoms with Crippen LogP contribution in [0.3, 0.4) is 0 Å². The van der Waals surface area contributed by atoms with Crippen LogP contribution >= 0.6 is 0 Å². The summed E-state index contributed by atoms with van der Waals surface area (Å²) in [5, 5.41) is 10.2. The number of nitrogens with one attached hydrogen (secondary N) is 1. The van der Waals surface area contributed by atoms with E-state index in [0.29, 0.717) is 18.5 Å². The van der Waals surface area contributed by atoms with Gasteiger partial charge in [0.1, 0.15) is 0 Å². The molecule has 1 aromatic rings. The Labute approximate surface area is 82.3 Å². The van der Waals surface area contributed by atoms with E-state index in [0.717, 1.165) is 5.56 Å². The van der Waals surface area contributed by atoms with Crippen LogP contribution in [0.5, 0.6) is 0 Å². The van der Waals surface area contributed by atoms with Gasteiger partial charge in [-0.2, -0.15) is 5.26 Å². The zero-order valence-corrected chi connectivity index (χ0v) is 7.66. The quantitative estimate of drug-likeness (QED) is 0.419. The first-order valence-corrected chi connectivity index (χ1v) is 4.24. The Morgan fingerprint density at radius 3 is 3.00 bits per heavy atom. The number of nitrogens with two attached hydrogens (primary N) is 1. The molecular formula is C10H11N3O. The van der Waals surface area contributed by atoms with E-state index in [1.165, 1.54) is 0 Å². The maximum Gasteiger partial charge on any atom is 0.233 e. The summed E-state index contributed by atoms with van der Waals surface area (Å²) in [6, 6.07) is 7.35. The van der Waals surface area contributed by atoms with Crippen LogP contribution in [0.1, 0.15) is 12.0 Å². The highest BCUT2D eigenvalue weighted by Gasteiger charge is 2.00. The number of benzene rings is 1. The molecule has 0 saturated carbocycles. The van der Waals surface area contributed by atoms with Crippen LogP contribution in [0, 0.1) is 11.5 Å². The van der Waals surface area contributed by atoms with E-state index in [1.54, 1.807) is 12.3 Å². The van der Waals surface area contributed by atoms with Crippen LogP contribution in [0.2, 0.25) is 0 Å². The fourth-order valence-electron chi connectivity index (χ4n) is 1.13. The van der Waals surface area contributed by atoms with Crippen molar-refractivity contribution in [2.24, 2.45) is 0 Å². The van der Waals surface area contributed by atoms with Crippen LogP contribution in [0.15, 0.2) is 24.3 Å². The number of anilines is 1. The molecule has 1 amide bonds. The van der Waals surface area contributed by atoms with E-state index in [1.807, 2.05) is 18.2 Å². The van der Waals surface area contributed by atoms with Gasteiger partial charge in [0.15, 0.2) is 6.19 Å². The number of nitrogens with zero attached hydrogens (tertiary/aromatic N) is 1. The summed E-state index contributed by atoms with van der Waals surface area (Å²) in [5.41, 5.74) is 7.25. The lowest BCUT2D eigenvalue weighted by Gasteiger charge is -2.00. The average Bonchev–Trinajstić information content (AvgIpc) is 2.15. The van der Waals surface area contributed by atoms with Gasteiger partial charge in [0.2, 0.25) is 5.91 Å². The van der Waals surface area contributed by atoms with E-state index in [2.05, 4.69) is 5.32 Å². The van der Waals surface area contributed by atoms with Crippen molar-refractivity contribution in [2.75, 3.05) is 5.73 Å². The normalized spacial score (nSPS) is 9.07. The molecular weight excluding hydrogens is 178 g/mol. The van der Waals surface area contributed by atoms with Gasteiger partial charge in [-0.15, -0.1) is 0 Å². The summed E-state index contributed by atoms with van der Waals surface area (Å²) in [6.45, 7) is 0. The van der Waals surface area contributed by atoms with Crippen molar-refractivity contribution in [3.05, 3.63) is 29.8 Å². The molecule has 0 fully saturated rings. The summed E-state index contributed by atoms with van der Waals surface area (Å²) >= 11 is 0. The van der Waals surface area contributed by atoms with E-state index in [-0.39, 0.29) is 5.91 Å². The monoisotopic (exact) mass is 189 g/mol. The first kappa shape index (κ1) is 10.1. The van der Waals surface area contributed by atoms with Gasteiger partial charge in [0.05, 0.1) is 0 Å². The predicted molar refractivity (Wildman–Crippen MR) is 52.9 cm³/mol. The summed E-state index contributed by atoms with van der Waals surface area (Å²) in [4.78, 5) is 10.9. The molecule has 4 nitrogen and oxygen atoms in total. The molecule has 1 rings (SSSR count). The molecule has 0 saturated heterocycles. The second kappa shape index (κ2) is 4.87. The zero-order valence-electron chi connectivity index (χ0n) is 7.66. The second-order valence-electron chi connectivity index (χ2n) is 2.91. The molecule has 3 N–H and O–H groups in total. The van der Waals surface area contributed by atoms with E-state index in [4.69, 9.17) is 11.0 Å². The van der Waals surface area contributed by atoms with E-state index < -0.39 is 0 Å². The standard InChI is InChI=1S/C10H11N3O/c11-7-13-10(14)5-4-8-2-1-3-9(12)6-8/h1-3,6H,4-5,12H2,(H,13,14). The lowest BCUT2D eigenvalue weighted by molar-refractivity contribution is -0.119. The summed E-state index contributed by atoms with van der Waals surface area (Å²) in [6.07, 6.45) is 2.49. The highest BCUT2D eigenvalue weighted by atomic mass is 16.1. The number of aryl methyl sites for hydroxylation is 1. The van der Waals surface area contributed by atoms with Crippen LogP contribution < -0.4 is 11.1 Å². The second-order valence-corrected chi connectivity index (χ2v) is 2.91. The molecule has 0 bridgehead atoms. The van der Waals surface area contributed by atoms with Crippen molar-refractivity contribution in [1.29, 1.82) is 5.26 Å². The highest BCUT2D eigenvalue weighted by Crippen LogP contribution is 2.08. The zero-order chi connectivity index (χ0) is 10.4. The first-order valence-electron chi connectivity index (χ1n) is 4.24. The smallest absolute Gasteiger partial charge is 0.233 e. The molecule has 0 atom stereocenters. The molecule has 0 aromatic heterocycles. The van der Waals surface area contributed by atoms with Gasteiger partial charge in [0, 0.05) is 12.1 Å². The Kier molecular flexibility index (Phi) is 3.50. The number of hydrogen-bond donors (Lipinski definition) is 2. The fraction of sp³-hybridized carbons (Fsp3) is 0.200. The summed E-state index contributed by atoms with van der Waals surface area (Å²) in [5.74, 6) is -0.269. The van der Waals surface area contributed by atoms with Crippen molar-refractivity contribution in [3.8, 4) is 6.19 Å². The lowest BCUT2D eigenvalue weighted by atomic mass is 10.1. The Hall–Kier alpha value is -2.02. The Morgan fingerprint density at radius 1 is 1.57 bits per heavy atom. The summed E-state index contributed by atoms with van der Waals surface area (Å²) in [7, 11) is 0. The number of rotatable bonds is 3. The van der Waals surface area contributed by atoms with Gasteiger partial charge in [-0.25, -0.2) is 0 Å². The van der Waals surface area contributed by atoms with Gasteiger partial charge in [-0.3, -0.25) is 10.1 Å². The number of hydrogen-bond acceptors (Lipinski definition) is 3.